The molecule has 0 aliphatic rings. The van der Waals surface area contributed by atoms with Crippen molar-refractivity contribution in [3.8, 4) is 0 Å². The van der Waals surface area contributed by atoms with Crippen molar-refractivity contribution in [2.45, 2.75) is 19.0 Å². The second-order valence-corrected chi connectivity index (χ2v) is 2.20. The van der Waals surface area contributed by atoms with Crippen LogP contribution in [0, 0.1) is 5.92 Å². The van der Waals surface area contributed by atoms with Crippen LogP contribution in [0.25, 0.3) is 0 Å². The Labute approximate surface area is 59.8 Å². The van der Waals surface area contributed by atoms with Gasteiger partial charge < -0.3 is 5.11 Å². The average Bonchev–Trinajstić information content (AvgIpc) is 1.83. The first-order valence-electron chi connectivity index (χ1n) is 2.79. The van der Waals surface area contributed by atoms with Crippen molar-refractivity contribution in [3.05, 3.63) is 0 Å². The fourth-order valence-corrected chi connectivity index (χ4v) is 0.394. The van der Waals surface area contributed by atoms with Gasteiger partial charge in [-0.1, -0.05) is 6.92 Å². The zero-order chi connectivity index (χ0) is 9.28. The van der Waals surface area contributed by atoms with E-state index in [1.165, 1.54) is 0 Å². The largest absolute Gasteiger partial charge is 0.453 e. The minimum Gasteiger partial charge on any atom is -0.396 e. The Morgan fingerprint density at radius 1 is 1.18 bits per heavy atom. The number of aliphatic hydroxyl groups excluding tert-OH is 1. The number of halogens is 5. The monoisotopic (exact) mass is 178 g/mol. The molecule has 68 valence electrons. The third-order valence-electron chi connectivity index (χ3n) is 1.27. The molecule has 0 spiro atoms. The van der Waals surface area contributed by atoms with Gasteiger partial charge in [0.2, 0.25) is 0 Å². The van der Waals surface area contributed by atoms with E-state index in [0.717, 1.165) is 0 Å². The molecular weight excluding hydrogens is 171 g/mol. The van der Waals surface area contributed by atoms with Gasteiger partial charge in [-0.2, -0.15) is 22.0 Å². The van der Waals surface area contributed by atoms with Gasteiger partial charge in [-0.05, 0) is 0 Å². The summed E-state index contributed by atoms with van der Waals surface area (Å²) < 4.78 is 58.3. The minimum atomic E-state index is -5.57. The Hall–Kier alpha value is -0.390. The van der Waals surface area contributed by atoms with E-state index in [2.05, 4.69) is 0 Å². The smallest absolute Gasteiger partial charge is 0.396 e. The first-order chi connectivity index (χ1) is 4.73. The van der Waals surface area contributed by atoms with Gasteiger partial charge in [0.05, 0.1) is 12.5 Å². The van der Waals surface area contributed by atoms with Crippen molar-refractivity contribution < 1.29 is 27.1 Å². The van der Waals surface area contributed by atoms with E-state index in [1.54, 1.807) is 0 Å². The Kier molecular flexibility index (Phi) is 2.82. The van der Waals surface area contributed by atoms with Gasteiger partial charge in [0.1, 0.15) is 0 Å². The van der Waals surface area contributed by atoms with Gasteiger partial charge in [0.15, 0.2) is 0 Å². The van der Waals surface area contributed by atoms with Crippen molar-refractivity contribution in [3.63, 3.8) is 0 Å². The van der Waals surface area contributed by atoms with Crippen molar-refractivity contribution in [1.82, 2.24) is 0 Å². The number of alkyl halides is 5. The molecule has 0 aliphatic carbocycles. The predicted molar refractivity (Wildman–Crippen MR) is 27.3 cm³/mol. The average molecular weight is 178 g/mol. The third-order valence-corrected chi connectivity index (χ3v) is 1.27. The number of hydrogen-bond acceptors (Lipinski definition) is 1. The highest BCUT2D eigenvalue weighted by molar-refractivity contribution is 4.80. The topological polar surface area (TPSA) is 20.2 Å². The molecule has 1 atom stereocenters. The van der Waals surface area contributed by atoms with E-state index in [1.807, 2.05) is 0 Å². The van der Waals surface area contributed by atoms with Crippen LogP contribution >= 0.6 is 0 Å². The summed E-state index contributed by atoms with van der Waals surface area (Å²) in [5, 5.41) is 8.05. The van der Waals surface area contributed by atoms with E-state index < -0.39 is 24.6 Å². The fourth-order valence-electron chi connectivity index (χ4n) is 0.394. The minimum absolute atomic E-state index is 0.632. The molecule has 0 bridgehead atoms. The van der Waals surface area contributed by atoms with E-state index in [0.29, 0.717) is 6.92 Å². The lowest BCUT2D eigenvalue weighted by Gasteiger charge is -2.23. The highest BCUT2D eigenvalue weighted by Gasteiger charge is 2.60. The molecule has 0 aromatic rings. The van der Waals surface area contributed by atoms with Crippen LogP contribution < -0.4 is 0 Å². The summed E-state index contributed by atoms with van der Waals surface area (Å²) in [6.45, 7) is -0.556. The van der Waals surface area contributed by atoms with Crippen LogP contribution in [0.5, 0.6) is 0 Å². The number of hydrogen-bond donors (Lipinski definition) is 1. The molecule has 0 aliphatic heterocycles. The van der Waals surface area contributed by atoms with Crippen LogP contribution in [-0.4, -0.2) is 23.8 Å². The molecular formula is C5H7F5O. The van der Waals surface area contributed by atoms with Crippen molar-refractivity contribution >= 4 is 0 Å². The van der Waals surface area contributed by atoms with Crippen LogP contribution in [0.1, 0.15) is 6.92 Å². The van der Waals surface area contributed by atoms with Crippen LogP contribution in [0.3, 0.4) is 0 Å². The quantitative estimate of drug-likeness (QED) is 0.639. The van der Waals surface area contributed by atoms with Crippen LogP contribution in [-0.2, 0) is 0 Å². The maximum Gasteiger partial charge on any atom is 0.453 e. The van der Waals surface area contributed by atoms with Gasteiger partial charge in [0.25, 0.3) is 0 Å². The molecule has 0 heterocycles. The lowest BCUT2D eigenvalue weighted by Crippen LogP contribution is -2.43. The predicted octanol–water partition coefficient (Wildman–Crippen LogP) is 1.81. The molecule has 0 aromatic carbocycles. The zero-order valence-electron chi connectivity index (χ0n) is 5.62. The highest BCUT2D eigenvalue weighted by Crippen LogP contribution is 2.40. The van der Waals surface area contributed by atoms with E-state index in [4.69, 9.17) is 5.11 Å². The molecule has 1 N–H and O–H groups in total. The maximum absolute atomic E-state index is 12.0. The lowest BCUT2D eigenvalue weighted by molar-refractivity contribution is -0.303. The SMILES string of the molecule is CC(CO)C(F)(F)C(F)(F)F. The van der Waals surface area contributed by atoms with Gasteiger partial charge in [-0.25, -0.2) is 0 Å². The summed E-state index contributed by atoms with van der Waals surface area (Å²) in [7, 11) is 0. The molecule has 0 amide bonds. The lowest BCUT2D eigenvalue weighted by atomic mass is 10.1. The zero-order valence-corrected chi connectivity index (χ0v) is 5.62. The number of aliphatic hydroxyl groups is 1. The highest BCUT2D eigenvalue weighted by atomic mass is 19.4. The maximum atomic E-state index is 12.0. The molecule has 0 rings (SSSR count). The summed E-state index contributed by atoms with van der Waals surface area (Å²) in [5.41, 5.74) is 0. The van der Waals surface area contributed by atoms with Crippen LogP contribution in [0.2, 0.25) is 0 Å². The van der Waals surface area contributed by atoms with Crippen LogP contribution in [0.15, 0.2) is 0 Å². The summed E-state index contributed by atoms with van der Waals surface area (Å²) in [6, 6.07) is 0. The summed E-state index contributed by atoms with van der Waals surface area (Å²) in [6.07, 6.45) is -5.57. The molecule has 11 heavy (non-hydrogen) atoms. The molecule has 0 fully saturated rings. The first-order valence-corrected chi connectivity index (χ1v) is 2.79. The Bertz CT molecular complexity index is 129. The molecule has 0 radical (unpaired) electrons. The second kappa shape index (κ2) is 2.92. The Balaban J connectivity index is 4.45. The molecule has 1 unspecified atom stereocenters. The molecule has 6 heteroatoms. The van der Waals surface area contributed by atoms with Gasteiger partial charge in [-0.3, -0.25) is 0 Å². The standard InChI is InChI=1S/C5H7F5O/c1-3(2-11)4(6,7)5(8,9)10/h3,11H,2H2,1H3. The van der Waals surface area contributed by atoms with E-state index >= 15 is 0 Å². The van der Waals surface area contributed by atoms with E-state index in [9.17, 15) is 22.0 Å². The molecule has 1 nitrogen and oxygen atoms in total. The van der Waals surface area contributed by atoms with Crippen molar-refractivity contribution in [1.29, 1.82) is 0 Å². The van der Waals surface area contributed by atoms with Crippen molar-refractivity contribution in [2.24, 2.45) is 5.92 Å². The second-order valence-electron chi connectivity index (χ2n) is 2.20. The summed E-state index contributed by atoms with van der Waals surface area (Å²) in [4.78, 5) is 0. The van der Waals surface area contributed by atoms with E-state index in [-0.39, 0.29) is 0 Å². The third kappa shape index (κ3) is 2.02. The summed E-state index contributed by atoms with van der Waals surface area (Å²) in [5.74, 6) is -6.90. The molecule has 0 aromatic heterocycles. The first kappa shape index (κ1) is 10.6. The Morgan fingerprint density at radius 2 is 1.55 bits per heavy atom. The number of rotatable bonds is 2. The van der Waals surface area contributed by atoms with Crippen LogP contribution in [0.4, 0.5) is 22.0 Å². The Morgan fingerprint density at radius 3 is 1.64 bits per heavy atom. The van der Waals surface area contributed by atoms with Gasteiger partial charge in [0, 0.05) is 0 Å². The summed E-state index contributed by atoms with van der Waals surface area (Å²) >= 11 is 0. The van der Waals surface area contributed by atoms with Gasteiger partial charge >= 0.3 is 12.1 Å². The van der Waals surface area contributed by atoms with Gasteiger partial charge in [-0.15, -0.1) is 0 Å². The van der Waals surface area contributed by atoms with Crippen molar-refractivity contribution in [2.75, 3.05) is 6.61 Å². The fraction of sp³-hybridized carbons (Fsp3) is 1.00. The molecule has 0 saturated heterocycles. The molecule has 0 saturated carbocycles. The normalized spacial score (nSPS) is 16.6.